The van der Waals surface area contributed by atoms with Crippen LogP contribution in [0.15, 0.2) is 18.2 Å². The molecule has 1 fully saturated rings. The zero-order valence-corrected chi connectivity index (χ0v) is 11.5. The molecule has 5 heteroatoms. The van der Waals surface area contributed by atoms with Crippen molar-refractivity contribution < 1.29 is 13.2 Å². The molecule has 1 aromatic carbocycles. The summed E-state index contributed by atoms with van der Waals surface area (Å²) in [6, 6.07) is 5.78. The molecule has 0 aliphatic carbocycles. The standard InChI is InChI=1S/C13H19NO3S/c1-9-7-11(10(2)14)3-4-13(9)17-12-5-6-18(15,16)8-12/h3-4,7,10,12H,5-6,8,14H2,1-2H3/t10-,12?/m1/s1. The Labute approximate surface area is 108 Å². The lowest BCUT2D eigenvalue weighted by Gasteiger charge is -2.16. The van der Waals surface area contributed by atoms with Crippen LogP contribution in [0.3, 0.4) is 0 Å². The van der Waals surface area contributed by atoms with Gasteiger partial charge in [0.05, 0.1) is 11.5 Å². The molecule has 1 unspecified atom stereocenters. The van der Waals surface area contributed by atoms with Gasteiger partial charge in [-0.2, -0.15) is 0 Å². The smallest absolute Gasteiger partial charge is 0.154 e. The van der Waals surface area contributed by atoms with Crippen molar-refractivity contribution in [1.29, 1.82) is 0 Å². The third-order valence-corrected chi connectivity index (χ3v) is 4.95. The molecule has 2 N–H and O–H groups in total. The lowest BCUT2D eigenvalue weighted by Crippen LogP contribution is -2.18. The van der Waals surface area contributed by atoms with Crippen LogP contribution in [0.2, 0.25) is 0 Å². The number of hydrogen-bond donors (Lipinski definition) is 1. The summed E-state index contributed by atoms with van der Waals surface area (Å²) in [4.78, 5) is 0. The van der Waals surface area contributed by atoms with E-state index in [1.807, 2.05) is 32.0 Å². The molecule has 0 radical (unpaired) electrons. The first-order chi connectivity index (χ1) is 8.37. The van der Waals surface area contributed by atoms with E-state index in [1.165, 1.54) is 0 Å². The highest BCUT2D eigenvalue weighted by Crippen LogP contribution is 2.25. The van der Waals surface area contributed by atoms with E-state index >= 15 is 0 Å². The largest absolute Gasteiger partial charge is 0.489 e. The maximum absolute atomic E-state index is 11.4. The second-order valence-electron chi connectivity index (χ2n) is 4.96. The summed E-state index contributed by atoms with van der Waals surface area (Å²) < 4.78 is 28.5. The van der Waals surface area contributed by atoms with E-state index in [0.717, 1.165) is 16.9 Å². The fraction of sp³-hybridized carbons (Fsp3) is 0.538. The minimum Gasteiger partial charge on any atom is -0.489 e. The SMILES string of the molecule is Cc1cc([C@@H](C)N)ccc1OC1CCS(=O)(=O)C1. The first kappa shape index (κ1) is 13.4. The minimum absolute atomic E-state index is 0.00962. The van der Waals surface area contributed by atoms with Crippen LogP contribution in [0.1, 0.15) is 30.5 Å². The summed E-state index contributed by atoms with van der Waals surface area (Å²) in [7, 11) is -2.90. The maximum atomic E-state index is 11.4. The second-order valence-corrected chi connectivity index (χ2v) is 7.19. The monoisotopic (exact) mass is 269 g/mol. The number of ether oxygens (including phenoxy) is 1. The number of nitrogens with two attached hydrogens (primary N) is 1. The fourth-order valence-electron chi connectivity index (χ4n) is 2.12. The molecule has 1 aliphatic rings. The predicted octanol–water partition coefficient (Wildman–Crippen LogP) is 1.58. The van der Waals surface area contributed by atoms with Gasteiger partial charge in [-0.3, -0.25) is 0 Å². The van der Waals surface area contributed by atoms with E-state index in [1.54, 1.807) is 0 Å². The van der Waals surface area contributed by atoms with E-state index in [9.17, 15) is 8.42 Å². The Bertz CT molecular complexity index is 537. The number of hydrogen-bond acceptors (Lipinski definition) is 4. The van der Waals surface area contributed by atoms with E-state index in [0.29, 0.717) is 6.42 Å². The Balaban J connectivity index is 2.11. The van der Waals surface area contributed by atoms with Gasteiger partial charge in [0.1, 0.15) is 11.9 Å². The Morgan fingerprint density at radius 3 is 2.67 bits per heavy atom. The highest BCUT2D eigenvalue weighted by atomic mass is 32.2. The van der Waals surface area contributed by atoms with Gasteiger partial charge in [0.15, 0.2) is 9.84 Å². The molecule has 0 aromatic heterocycles. The Morgan fingerprint density at radius 1 is 1.44 bits per heavy atom. The summed E-state index contributed by atoms with van der Waals surface area (Å²) >= 11 is 0. The molecule has 100 valence electrons. The van der Waals surface area contributed by atoms with Crippen molar-refractivity contribution >= 4 is 9.84 Å². The highest BCUT2D eigenvalue weighted by Gasteiger charge is 2.29. The van der Waals surface area contributed by atoms with Crippen LogP contribution in [0.4, 0.5) is 0 Å². The van der Waals surface area contributed by atoms with Crippen molar-refractivity contribution in [3.8, 4) is 5.75 Å². The van der Waals surface area contributed by atoms with Crippen molar-refractivity contribution in [1.82, 2.24) is 0 Å². The summed E-state index contributed by atoms with van der Waals surface area (Å²) in [6.45, 7) is 3.88. The third kappa shape index (κ3) is 3.03. The van der Waals surface area contributed by atoms with Crippen LogP contribution in [0, 0.1) is 6.92 Å². The van der Waals surface area contributed by atoms with Crippen molar-refractivity contribution in [2.75, 3.05) is 11.5 Å². The number of sulfone groups is 1. The van der Waals surface area contributed by atoms with Crippen LogP contribution < -0.4 is 10.5 Å². The molecule has 1 aliphatic heterocycles. The van der Waals surface area contributed by atoms with Crippen molar-refractivity contribution in [2.24, 2.45) is 5.73 Å². The van der Waals surface area contributed by atoms with E-state index in [2.05, 4.69) is 0 Å². The summed E-state index contributed by atoms with van der Waals surface area (Å²) in [5.74, 6) is 1.11. The average molecular weight is 269 g/mol. The van der Waals surface area contributed by atoms with Gasteiger partial charge in [-0.1, -0.05) is 12.1 Å². The quantitative estimate of drug-likeness (QED) is 0.904. The molecule has 1 heterocycles. The normalized spacial score (nSPS) is 23.8. The second kappa shape index (κ2) is 4.90. The van der Waals surface area contributed by atoms with Crippen LogP contribution in [-0.2, 0) is 9.84 Å². The number of benzene rings is 1. The predicted molar refractivity (Wildman–Crippen MR) is 71.5 cm³/mol. The van der Waals surface area contributed by atoms with Crippen molar-refractivity contribution in [3.63, 3.8) is 0 Å². The van der Waals surface area contributed by atoms with Gasteiger partial charge in [-0.25, -0.2) is 8.42 Å². The van der Waals surface area contributed by atoms with Gasteiger partial charge in [0.25, 0.3) is 0 Å². The number of aryl methyl sites for hydroxylation is 1. The van der Waals surface area contributed by atoms with Crippen LogP contribution in [0.25, 0.3) is 0 Å². The molecule has 0 bridgehead atoms. The van der Waals surface area contributed by atoms with Crippen molar-refractivity contribution in [3.05, 3.63) is 29.3 Å². The summed E-state index contributed by atoms with van der Waals surface area (Å²) in [6.07, 6.45) is 0.367. The average Bonchev–Trinajstić information content (AvgIpc) is 2.61. The first-order valence-corrected chi connectivity index (χ1v) is 7.93. The van der Waals surface area contributed by atoms with Gasteiger partial charge >= 0.3 is 0 Å². The van der Waals surface area contributed by atoms with Crippen LogP contribution in [-0.4, -0.2) is 26.0 Å². The summed E-state index contributed by atoms with van der Waals surface area (Å²) in [5, 5.41) is 0. The highest BCUT2D eigenvalue weighted by molar-refractivity contribution is 7.91. The summed E-state index contributed by atoms with van der Waals surface area (Å²) in [5.41, 5.74) is 7.86. The fourth-order valence-corrected chi connectivity index (χ4v) is 3.71. The van der Waals surface area contributed by atoms with Gasteiger partial charge < -0.3 is 10.5 Å². The lowest BCUT2D eigenvalue weighted by molar-refractivity contribution is 0.227. The zero-order chi connectivity index (χ0) is 13.3. The molecule has 18 heavy (non-hydrogen) atoms. The minimum atomic E-state index is -2.90. The maximum Gasteiger partial charge on any atom is 0.154 e. The molecule has 1 aromatic rings. The van der Waals surface area contributed by atoms with E-state index in [4.69, 9.17) is 10.5 Å². The first-order valence-electron chi connectivity index (χ1n) is 6.10. The Kier molecular flexibility index (Phi) is 3.64. The lowest BCUT2D eigenvalue weighted by atomic mass is 10.1. The van der Waals surface area contributed by atoms with Gasteiger partial charge in [0.2, 0.25) is 0 Å². The molecular formula is C13H19NO3S. The molecule has 0 saturated carbocycles. The molecule has 0 amide bonds. The van der Waals surface area contributed by atoms with E-state index in [-0.39, 0.29) is 23.7 Å². The molecule has 2 atom stereocenters. The third-order valence-electron chi connectivity index (χ3n) is 3.21. The van der Waals surface area contributed by atoms with Crippen molar-refractivity contribution in [2.45, 2.75) is 32.4 Å². The van der Waals surface area contributed by atoms with Gasteiger partial charge in [-0.05, 0) is 37.5 Å². The molecule has 1 saturated heterocycles. The topological polar surface area (TPSA) is 69.4 Å². The van der Waals surface area contributed by atoms with Crippen LogP contribution in [0.5, 0.6) is 5.75 Å². The Morgan fingerprint density at radius 2 is 2.17 bits per heavy atom. The molecule has 2 rings (SSSR count). The zero-order valence-electron chi connectivity index (χ0n) is 10.7. The van der Waals surface area contributed by atoms with E-state index < -0.39 is 9.84 Å². The number of rotatable bonds is 3. The van der Waals surface area contributed by atoms with Gasteiger partial charge in [-0.15, -0.1) is 0 Å². The van der Waals surface area contributed by atoms with Crippen LogP contribution >= 0.6 is 0 Å². The molecule has 4 nitrogen and oxygen atoms in total. The molecular weight excluding hydrogens is 250 g/mol. The Hall–Kier alpha value is -1.07. The van der Waals surface area contributed by atoms with Gasteiger partial charge in [0, 0.05) is 6.04 Å². The molecule has 0 spiro atoms.